The highest BCUT2D eigenvalue weighted by Gasteiger charge is 2.18. The predicted octanol–water partition coefficient (Wildman–Crippen LogP) is 1.45. The van der Waals surface area contributed by atoms with Crippen molar-refractivity contribution in [2.24, 2.45) is 5.92 Å². The van der Waals surface area contributed by atoms with Crippen molar-refractivity contribution < 1.29 is 4.79 Å². The van der Waals surface area contributed by atoms with E-state index < -0.39 is 0 Å². The van der Waals surface area contributed by atoms with Gasteiger partial charge >= 0.3 is 0 Å². The smallest absolute Gasteiger partial charge is 0.271 e. The maximum atomic E-state index is 12.0. The zero-order chi connectivity index (χ0) is 13.7. The molecule has 1 N–H and O–H groups in total. The van der Waals surface area contributed by atoms with E-state index in [0.717, 1.165) is 6.54 Å². The third-order valence-corrected chi connectivity index (χ3v) is 2.73. The Balaban J connectivity index is 2.69. The molecule has 0 aliphatic carbocycles. The number of rotatable bonds is 5. The van der Waals surface area contributed by atoms with Crippen LogP contribution in [0.25, 0.3) is 0 Å². The Morgan fingerprint density at radius 2 is 2.06 bits per heavy atom. The van der Waals surface area contributed by atoms with Crippen LogP contribution >= 0.6 is 11.6 Å². The lowest BCUT2D eigenvalue weighted by Gasteiger charge is -2.25. The van der Waals surface area contributed by atoms with Gasteiger partial charge in [0.2, 0.25) is 0 Å². The van der Waals surface area contributed by atoms with E-state index in [1.807, 2.05) is 19.0 Å². The first kappa shape index (κ1) is 14.9. The Bertz CT molecular complexity index is 392. The minimum absolute atomic E-state index is 0.0741. The zero-order valence-corrected chi connectivity index (χ0v) is 11.9. The van der Waals surface area contributed by atoms with Crippen LogP contribution in [0, 0.1) is 5.92 Å². The van der Waals surface area contributed by atoms with Gasteiger partial charge in [0.05, 0.1) is 12.4 Å². The topological polar surface area (TPSA) is 58.1 Å². The van der Waals surface area contributed by atoms with Gasteiger partial charge in [-0.15, -0.1) is 0 Å². The van der Waals surface area contributed by atoms with Gasteiger partial charge in [-0.2, -0.15) is 0 Å². The zero-order valence-electron chi connectivity index (χ0n) is 11.1. The van der Waals surface area contributed by atoms with Crippen LogP contribution in [0.4, 0.5) is 0 Å². The van der Waals surface area contributed by atoms with E-state index >= 15 is 0 Å². The van der Waals surface area contributed by atoms with Crippen molar-refractivity contribution in [3.63, 3.8) is 0 Å². The molecule has 6 heteroatoms. The Kier molecular flexibility index (Phi) is 5.50. The molecule has 5 nitrogen and oxygen atoms in total. The van der Waals surface area contributed by atoms with Gasteiger partial charge in [-0.05, 0) is 20.0 Å². The number of likely N-dealkylation sites (N-methyl/N-ethyl adjacent to an activating group) is 1. The van der Waals surface area contributed by atoms with Crippen molar-refractivity contribution >= 4 is 17.5 Å². The van der Waals surface area contributed by atoms with Crippen LogP contribution in [-0.4, -0.2) is 47.5 Å². The molecule has 18 heavy (non-hydrogen) atoms. The molecule has 1 atom stereocenters. The minimum Gasteiger partial charge on any atom is -0.346 e. The molecule has 0 aromatic carbocycles. The average Bonchev–Trinajstić information content (AvgIpc) is 2.28. The summed E-state index contributed by atoms with van der Waals surface area (Å²) < 4.78 is 0. The van der Waals surface area contributed by atoms with Crippen molar-refractivity contribution in [2.45, 2.75) is 19.9 Å². The number of amides is 1. The van der Waals surface area contributed by atoms with Crippen LogP contribution in [0.3, 0.4) is 0 Å². The van der Waals surface area contributed by atoms with Crippen molar-refractivity contribution in [3.05, 3.63) is 23.2 Å². The molecule has 1 rings (SSSR count). The van der Waals surface area contributed by atoms with E-state index in [1.54, 1.807) is 0 Å². The summed E-state index contributed by atoms with van der Waals surface area (Å²) >= 11 is 5.63. The van der Waals surface area contributed by atoms with Crippen molar-refractivity contribution in [1.29, 1.82) is 0 Å². The molecule has 1 unspecified atom stereocenters. The predicted molar refractivity (Wildman–Crippen MR) is 71.7 cm³/mol. The summed E-state index contributed by atoms with van der Waals surface area (Å²) in [5, 5.41) is 3.24. The highest BCUT2D eigenvalue weighted by atomic mass is 35.5. The number of hydrogen-bond acceptors (Lipinski definition) is 4. The lowest BCUT2D eigenvalue weighted by Crippen LogP contribution is -2.45. The molecule has 0 saturated heterocycles. The highest BCUT2D eigenvalue weighted by molar-refractivity contribution is 6.29. The first-order valence-electron chi connectivity index (χ1n) is 5.83. The minimum atomic E-state index is -0.222. The summed E-state index contributed by atoms with van der Waals surface area (Å²) in [6.45, 7) is 4.92. The fourth-order valence-electron chi connectivity index (χ4n) is 1.49. The van der Waals surface area contributed by atoms with E-state index in [4.69, 9.17) is 11.6 Å². The lowest BCUT2D eigenvalue weighted by atomic mass is 10.0. The monoisotopic (exact) mass is 270 g/mol. The lowest BCUT2D eigenvalue weighted by molar-refractivity contribution is 0.0911. The molecule has 0 radical (unpaired) electrons. The molecule has 0 aliphatic heterocycles. The number of hydrogen-bond donors (Lipinski definition) is 1. The van der Waals surface area contributed by atoms with Gasteiger partial charge in [0.25, 0.3) is 5.91 Å². The van der Waals surface area contributed by atoms with E-state index in [9.17, 15) is 4.79 Å². The van der Waals surface area contributed by atoms with Crippen molar-refractivity contribution in [1.82, 2.24) is 20.2 Å². The first-order valence-corrected chi connectivity index (χ1v) is 6.21. The Hall–Kier alpha value is -1.20. The second kappa shape index (κ2) is 6.66. The van der Waals surface area contributed by atoms with Gasteiger partial charge < -0.3 is 10.2 Å². The molecular weight excluding hydrogens is 252 g/mol. The largest absolute Gasteiger partial charge is 0.346 e. The first-order chi connectivity index (χ1) is 8.40. The van der Waals surface area contributed by atoms with Crippen LogP contribution in [0.5, 0.6) is 0 Å². The van der Waals surface area contributed by atoms with Gasteiger partial charge in [-0.1, -0.05) is 25.4 Å². The van der Waals surface area contributed by atoms with Gasteiger partial charge in [-0.25, -0.2) is 9.97 Å². The maximum absolute atomic E-state index is 12.0. The van der Waals surface area contributed by atoms with E-state index in [2.05, 4.69) is 29.1 Å². The summed E-state index contributed by atoms with van der Waals surface area (Å²) in [5.41, 5.74) is 0.281. The Morgan fingerprint density at radius 3 is 2.50 bits per heavy atom. The fourth-order valence-corrected chi connectivity index (χ4v) is 1.59. The molecule has 0 fully saturated rings. The molecular formula is C12H19ClN4O. The summed E-state index contributed by atoms with van der Waals surface area (Å²) in [6.07, 6.45) is 2.75. The van der Waals surface area contributed by atoms with Crippen molar-refractivity contribution in [3.8, 4) is 0 Å². The van der Waals surface area contributed by atoms with Gasteiger partial charge in [0.1, 0.15) is 10.8 Å². The third-order valence-electron chi connectivity index (χ3n) is 2.54. The third kappa shape index (κ3) is 4.58. The fraction of sp³-hybridized carbons (Fsp3) is 0.583. The molecule has 1 amide bonds. The molecule has 0 saturated carbocycles. The number of nitrogens with one attached hydrogen (secondary N) is 1. The second-order valence-corrected chi connectivity index (χ2v) is 5.20. The Labute approximate surface area is 113 Å². The van der Waals surface area contributed by atoms with Crippen LogP contribution in [-0.2, 0) is 0 Å². The standard InChI is InChI=1S/C12H19ClN4O/c1-8(2)10(7-17(3)4)16-12(18)9-5-15-11(13)6-14-9/h5-6,8,10H,7H2,1-4H3,(H,16,18). The van der Waals surface area contributed by atoms with E-state index in [-0.39, 0.29) is 22.8 Å². The highest BCUT2D eigenvalue weighted by Crippen LogP contribution is 2.05. The summed E-state index contributed by atoms with van der Waals surface area (Å²) in [4.78, 5) is 21.8. The molecule has 0 aliphatic rings. The SMILES string of the molecule is CC(C)C(CN(C)C)NC(=O)c1cnc(Cl)cn1. The quantitative estimate of drug-likeness (QED) is 0.880. The normalized spacial score (nSPS) is 12.8. The maximum Gasteiger partial charge on any atom is 0.271 e. The number of carbonyl (C=O) groups is 1. The van der Waals surface area contributed by atoms with Gasteiger partial charge in [-0.3, -0.25) is 4.79 Å². The molecule has 100 valence electrons. The second-order valence-electron chi connectivity index (χ2n) is 4.81. The van der Waals surface area contributed by atoms with Crippen LogP contribution in [0.1, 0.15) is 24.3 Å². The summed E-state index contributed by atoms with van der Waals surface area (Å²) in [6, 6.07) is 0.0741. The van der Waals surface area contributed by atoms with Crippen LogP contribution in [0.15, 0.2) is 12.4 Å². The molecule has 1 aromatic rings. The van der Waals surface area contributed by atoms with Gasteiger partial charge in [0, 0.05) is 12.6 Å². The molecule has 0 bridgehead atoms. The average molecular weight is 271 g/mol. The summed E-state index contributed by atoms with van der Waals surface area (Å²) in [7, 11) is 3.95. The van der Waals surface area contributed by atoms with Crippen LogP contribution < -0.4 is 5.32 Å². The molecule has 0 spiro atoms. The van der Waals surface area contributed by atoms with E-state index in [1.165, 1.54) is 12.4 Å². The van der Waals surface area contributed by atoms with Crippen molar-refractivity contribution in [2.75, 3.05) is 20.6 Å². The van der Waals surface area contributed by atoms with Crippen LogP contribution in [0.2, 0.25) is 5.15 Å². The number of nitrogens with zero attached hydrogens (tertiary/aromatic N) is 3. The number of carbonyl (C=O) groups excluding carboxylic acids is 1. The number of halogens is 1. The summed E-state index contributed by atoms with van der Waals surface area (Å²) in [5.74, 6) is 0.122. The molecule has 1 aromatic heterocycles. The van der Waals surface area contributed by atoms with E-state index in [0.29, 0.717) is 5.92 Å². The Morgan fingerprint density at radius 1 is 1.39 bits per heavy atom. The molecule has 1 heterocycles. The number of aromatic nitrogens is 2. The van der Waals surface area contributed by atoms with Gasteiger partial charge in [0.15, 0.2) is 0 Å².